The second kappa shape index (κ2) is 6.35. The van der Waals surface area contributed by atoms with Gasteiger partial charge in [-0.15, -0.1) is 0 Å². The molecule has 4 nitrogen and oxygen atoms in total. The van der Waals surface area contributed by atoms with Gasteiger partial charge >= 0.3 is 6.18 Å². The van der Waals surface area contributed by atoms with Crippen LogP contribution in [0.1, 0.15) is 16.8 Å². The third kappa shape index (κ3) is 3.67. The molecule has 0 saturated heterocycles. The molecule has 0 aliphatic carbocycles. The van der Waals surface area contributed by atoms with Gasteiger partial charge in [0.1, 0.15) is 29.7 Å². The summed E-state index contributed by atoms with van der Waals surface area (Å²) in [6.07, 6.45) is -4.60. The summed E-state index contributed by atoms with van der Waals surface area (Å²) in [4.78, 5) is 3.37. The standard InChI is InChI=1S/C15H11F3N2O2/c1-21-12-4-2-3-10(7-12)9-22-14-11(8-19)5-6-13(20-14)15(16,17)18/h2-7H,9H2,1H3. The number of halogens is 3. The lowest BCUT2D eigenvalue weighted by molar-refractivity contribution is -0.141. The highest BCUT2D eigenvalue weighted by Gasteiger charge is 2.33. The smallest absolute Gasteiger partial charge is 0.433 e. The molecule has 0 N–H and O–H groups in total. The number of alkyl halides is 3. The average molecular weight is 308 g/mol. The van der Waals surface area contributed by atoms with Gasteiger partial charge in [0.2, 0.25) is 5.88 Å². The highest BCUT2D eigenvalue weighted by molar-refractivity contribution is 5.39. The van der Waals surface area contributed by atoms with Crippen LogP contribution in [0, 0.1) is 11.3 Å². The first kappa shape index (κ1) is 15.6. The fourth-order valence-electron chi connectivity index (χ4n) is 1.71. The minimum Gasteiger partial charge on any atom is -0.497 e. The molecule has 0 bridgehead atoms. The minimum atomic E-state index is -4.60. The van der Waals surface area contributed by atoms with Crippen LogP contribution in [-0.2, 0) is 12.8 Å². The Labute approximate surface area is 124 Å². The van der Waals surface area contributed by atoms with Crippen molar-refractivity contribution in [3.8, 4) is 17.7 Å². The van der Waals surface area contributed by atoms with E-state index in [0.29, 0.717) is 11.3 Å². The molecule has 0 aliphatic heterocycles. The first-order valence-electron chi connectivity index (χ1n) is 6.18. The Kier molecular flexibility index (Phi) is 4.51. The molecule has 0 aliphatic rings. The number of ether oxygens (including phenoxy) is 2. The van der Waals surface area contributed by atoms with Gasteiger partial charge in [-0.2, -0.15) is 18.4 Å². The summed E-state index contributed by atoms with van der Waals surface area (Å²) in [5.74, 6) is 0.249. The lowest BCUT2D eigenvalue weighted by atomic mass is 10.2. The third-order valence-corrected chi connectivity index (χ3v) is 2.78. The Morgan fingerprint density at radius 1 is 1.23 bits per heavy atom. The van der Waals surface area contributed by atoms with Crippen LogP contribution < -0.4 is 9.47 Å². The number of nitrogens with zero attached hydrogens (tertiary/aromatic N) is 2. The lowest BCUT2D eigenvalue weighted by Gasteiger charge is -2.11. The maximum Gasteiger partial charge on any atom is 0.433 e. The van der Waals surface area contributed by atoms with Crippen molar-refractivity contribution in [2.45, 2.75) is 12.8 Å². The van der Waals surface area contributed by atoms with E-state index in [2.05, 4.69) is 4.98 Å². The normalized spacial score (nSPS) is 10.9. The Bertz CT molecular complexity index is 709. The molecule has 0 amide bonds. The van der Waals surface area contributed by atoms with Gasteiger partial charge in [0.25, 0.3) is 0 Å². The first-order chi connectivity index (χ1) is 10.4. The summed E-state index contributed by atoms with van der Waals surface area (Å²) in [6, 6.07) is 10.4. The number of nitriles is 1. The fraction of sp³-hybridized carbons (Fsp3) is 0.200. The van der Waals surface area contributed by atoms with E-state index in [9.17, 15) is 13.2 Å². The van der Waals surface area contributed by atoms with Gasteiger partial charge in [0.15, 0.2) is 0 Å². The van der Waals surface area contributed by atoms with E-state index in [-0.39, 0.29) is 18.1 Å². The van der Waals surface area contributed by atoms with Crippen molar-refractivity contribution in [1.82, 2.24) is 4.98 Å². The van der Waals surface area contributed by atoms with Crippen molar-refractivity contribution in [3.63, 3.8) is 0 Å². The predicted octanol–water partition coefficient (Wildman–Crippen LogP) is 3.56. The molecule has 1 heterocycles. The van der Waals surface area contributed by atoms with Gasteiger partial charge in [-0.25, -0.2) is 4.98 Å². The zero-order valence-corrected chi connectivity index (χ0v) is 11.5. The molecule has 7 heteroatoms. The Hall–Kier alpha value is -2.75. The first-order valence-corrected chi connectivity index (χ1v) is 6.18. The summed E-state index contributed by atoms with van der Waals surface area (Å²) in [7, 11) is 1.50. The Balaban J connectivity index is 2.22. The zero-order chi connectivity index (χ0) is 16.2. The van der Waals surface area contributed by atoms with Crippen LogP contribution in [-0.4, -0.2) is 12.1 Å². The van der Waals surface area contributed by atoms with E-state index in [4.69, 9.17) is 14.7 Å². The molecule has 22 heavy (non-hydrogen) atoms. The second-order valence-corrected chi connectivity index (χ2v) is 4.30. The van der Waals surface area contributed by atoms with Crippen molar-refractivity contribution >= 4 is 0 Å². The number of aromatic nitrogens is 1. The topological polar surface area (TPSA) is 55.1 Å². The number of hydrogen-bond acceptors (Lipinski definition) is 4. The monoisotopic (exact) mass is 308 g/mol. The summed E-state index contributed by atoms with van der Waals surface area (Å²) < 4.78 is 48.2. The molecule has 0 atom stereocenters. The molecular weight excluding hydrogens is 297 g/mol. The zero-order valence-electron chi connectivity index (χ0n) is 11.5. The number of methoxy groups -OCH3 is 1. The minimum absolute atomic E-state index is 0.0276. The van der Waals surface area contributed by atoms with Crippen LogP contribution in [0.4, 0.5) is 13.2 Å². The van der Waals surface area contributed by atoms with Gasteiger partial charge in [-0.05, 0) is 29.8 Å². The van der Waals surface area contributed by atoms with Gasteiger partial charge < -0.3 is 9.47 Å². The van der Waals surface area contributed by atoms with E-state index >= 15 is 0 Å². The van der Waals surface area contributed by atoms with Crippen molar-refractivity contribution < 1.29 is 22.6 Å². The van der Waals surface area contributed by atoms with Crippen LogP contribution in [0.2, 0.25) is 0 Å². The fourth-order valence-corrected chi connectivity index (χ4v) is 1.71. The largest absolute Gasteiger partial charge is 0.497 e. The highest BCUT2D eigenvalue weighted by Crippen LogP contribution is 2.30. The maximum absolute atomic E-state index is 12.6. The van der Waals surface area contributed by atoms with Gasteiger partial charge in [-0.1, -0.05) is 12.1 Å². The van der Waals surface area contributed by atoms with Crippen molar-refractivity contribution in [2.24, 2.45) is 0 Å². The molecule has 0 saturated carbocycles. The van der Waals surface area contributed by atoms with Crippen LogP contribution in [0.5, 0.6) is 11.6 Å². The Morgan fingerprint density at radius 3 is 2.64 bits per heavy atom. The predicted molar refractivity (Wildman–Crippen MR) is 71.3 cm³/mol. The van der Waals surface area contributed by atoms with Crippen molar-refractivity contribution in [3.05, 3.63) is 53.2 Å². The van der Waals surface area contributed by atoms with Crippen LogP contribution in [0.3, 0.4) is 0 Å². The molecule has 0 unspecified atom stereocenters. The number of benzene rings is 1. The van der Waals surface area contributed by atoms with Crippen LogP contribution in [0.25, 0.3) is 0 Å². The van der Waals surface area contributed by atoms with E-state index in [0.717, 1.165) is 12.1 Å². The van der Waals surface area contributed by atoms with E-state index < -0.39 is 11.9 Å². The summed E-state index contributed by atoms with van der Waals surface area (Å²) in [5, 5.41) is 8.92. The maximum atomic E-state index is 12.6. The molecular formula is C15H11F3N2O2. The van der Waals surface area contributed by atoms with E-state index in [1.807, 2.05) is 0 Å². The second-order valence-electron chi connectivity index (χ2n) is 4.30. The quantitative estimate of drug-likeness (QED) is 0.866. The molecule has 1 aromatic heterocycles. The molecule has 0 fully saturated rings. The molecule has 2 aromatic rings. The van der Waals surface area contributed by atoms with Gasteiger partial charge in [-0.3, -0.25) is 0 Å². The molecule has 2 rings (SSSR count). The molecule has 114 valence electrons. The van der Waals surface area contributed by atoms with Crippen LogP contribution >= 0.6 is 0 Å². The Morgan fingerprint density at radius 2 is 2.00 bits per heavy atom. The summed E-state index contributed by atoms with van der Waals surface area (Å²) in [5.41, 5.74) is -0.481. The van der Waals surface area contributed by atoms with Crippen molar-refractivity contribution in [2.75, 3.05) is 7.11 Å². The number of rotatable bonds is 4. The molecule has 1 aromatic carbocycles. The average Bonchev–Trinajstić information content (AvgIpc) is 2.52. The lowest BCUT2D eigenvalue weighted by Crippen LogP contribution is -2.10. The van der Waals surface area contributed by atoms with E-state index in [1.165, 1.54) is 7.11 Å². The number of hydrogen-bond donors (Lipinski definition) is 0. The summed E-state index contributed by atoms with van der Waals surface area (Å²) in [6.45, 7) is -0.0276. The van der Waals surface area contributed by atoms with Crippen molar-refractivity contribution in [1.29, 1.82) is 5.26 Å². The van der Waals surface area contributed by atoms with Gasteiger partial charge in [0.05, 0.1) is 7.11 Å². The SMILES string of the molecule is COc1cccc(COc2nc(C(F)(F)F)ccc2C#N)c1. The molecule has 0 spiro atoms. The third-order valence-electron chi connectivity index (χ3n) is 2.78. The summed E-state index contributed by atoms with van der Waals surface area (Å²) >= 11 is 0. The molecule has 0 radical (unpaired) electrons. The highest BCUT2D eigenvalue weighted by atomic mass is 19.4. The van der Waals surface area contributed by atoms with E-state index in [1.54, 1.807) is 30.3 Å². The van der Waals surface area contributed by atoms with Gasteiger partial charge in [0, 0.05) is 0 Å². The number of pyridine rings is 1. The van der Waals surface area contributed by atoms with Crippen LogP contribution in [0.15, 0.2) is 36.4 Å².